The summed E-state index contributed by atoms with van der Waals surface area (Å²) in [4.78, 5) is 55.6. The molecule has 322 valence electrons. The van der Waals surface area contributed by atoms with E-state index in [4.69, 9.17) is 14.2 Å². The highest BCUT2D eigenvalue weighted by molar-refractivity contribution is 6.05. The smallest absolute Gasteiger partial charge is 0.410 e. The normalized spacial score (nSPS) is 16.0. The minimum atomic E-state index is -0.574. The van der Waals surface area contributed by atoms with Crippen molar-refractivity contribution >= 4 is 29.5 Å². The summed E-state index contributed by atoms with van der Waals surface area (Å²) in [6.07, 6.45) is 9.00. The number of piperazine rings is 1. The van der Waals surface area contributed by atoms with Crippen LogP contribution < -0.4 is 20.1 Å². The van der Waals surface area contributed by atoms with Crippen molar-refractivity contribution in [2.45, 2.75) is 103 Å². The number of benzene rings is 4. The van der Waals surface area contributed by atoms with E-state index in [1.807, 2.05) is 63.2 Å². The molecule has 2 aliphatic carbocycles. The third kappa shape index (κ3) is 11.7. The molecule has 0 radical (unpaired) electrons. The van der Waals surface area contributed by atoms with E-state index in [1.54, 1.807) is 40.1 Å². The zero-order valence-corrected chi connectivity index (χ0v) is 35.5. The van der Waals surface area contributed by atoms with E-state index in [-0.39, 0.29) is 48.3 Å². The summed E-state index contributed by atoms with van der Waals surface area (Å²) in [5.41, 5.74) is 4.01. The van der Waals surface area contributed by atoms with Gasteiger partial charge < -0.3 is 34.6 Å². The molecule has 0 unspecified atom stereocenters. The fourth-order valence-corrected chi connectivity index (χ4v) is 8.11. The first-order valence-corrected chi connectivity index (χ1v) is 21.7. The highest BCUT2D eigenvalue weighted by Crippen LogP contribution is 2.37. The van der Waals surface area contributed by atoms with Crippen molar-refractivity contribution in [3.8, 4) is 33.8 Å². The van der Waals surface area contributed by atoms with E-state index in [9.17, 15) is 23.6 Å². The largest absolute Gasteiger partial charge is 0.490 e. The third-order valence-corrected chi connectivity index (χ3v) is 11.4. The van der Waals surface area contributed by atoms with Gasteiger partial charge in [0.15, 0.2) is 0 Å². The Morgan fingerprint density at radius 2 is 1.18 bits per heavy atom. The van der Waals surface area contributed by atoms with Gasteiger partial charge in [-0.1, -0.05) is 24.3 Å². The minimum absolute atomic E-state index is 0.00853. The number of halogens is 1. The molecular formula is C49H57FN4O7. The molecule has 4 amide bonds. The van der Waals surface area contributed by atoms with Gasteiger partial charge in [0.05, 0.1) is 12.2 Å². The maximum Gasteiger partial charge on any atom is 0.410 e. The Labute approximate surface area is 357 Å². The van der Waals surface area contributed by atoms with Gasteiger partial charge in [-0.15, -0.1) is 0 Å². The average Bonchev–Trinajstić information content (AvgIpc) is 3.98. The van der Waals surface area contributed by atoms with E-state index in [0.717, 1.165) is 73.6 Å². The molecule has 0 bridgehead atoms. The molecule has 12 heteroatoms. The average molecular weight is 833 g/mol. The van der Waals surface area contributed by atoms with E-state index in [0.29, 0.717) is 67.5 Å². The standard InChI is InChI=1S/C49H57FN4O7/c1-49(2,3)61-48(58)54-29-27-53(28-30-54)45(55)13-8-26-51-46(56)35-16-14-33(15-17-35)41-31-36(20-24-43(41)59-39-9-4-5-10-39)47(57)52-38-23-25-44(60-40-11-6-7-12-40)42(32-38)34-18-21-37(50)22-19-34/h14-25,31-32,39-40H,4-13,26-30H2,1-3H3,(H,51,56)(H,52,57). The Morgan fingerprint density at radius 3 is 1.77 bits per heavy atom. The highest BCUT2D eigenvalue weighted by atomic mass is 19.1. The van der Waals surface area contributed by atoms with E-state index >= 15 is 0 Å². The Morgan fingerprint density at radius 1 is 0.656 bits per heavy atom. The first kappa shape index (κ1) is 43.2. The summed E-state index contributed by atoms with van der Waals surface area (Å²) < 4.78 is 32.2. The van der Waals surface area contributed by atoms with Crippen LogP contribution in [0.15, 0.2) is 84.9 Å². The number of nitrogens with one attached hydrogen (secondary N) is 2. The molecular weight excluding hydrogens is 776 g/mol. The fourth-order valence-electron chi connectivity index (χ4n) is 8.11. The number of carbonyl (C=O) groups is 4. The van der Waals surface area contributed by atoms with Crippen molar-refractivity contribution in [2.24, 2.45) is 0 Å². The topological polar surface area (TPSA) is 127 Å². The lowest BCUT2D eigenvalue weighted by atomic mass is 9.99. The van der Waals surface area contributed by atoms with Crippen molar-refractivity contribution < 1.29 is 37.8 Å². The van der Waals surface area contributed by atoms with Crippen molar-refractivity contribution in [3.63, 3.8) is 0 Å². The van der Waals surface area contributed by atoms with Gasteiger partial charge in [-0.05, 0) is 150 Å². The second-order valence-electron chi connectivity index (χ2n) is 17.2. The molecule has 11 nitrogen and oxygen atoms in total. The van der Waals surface area contributed by atoms with Crippen LogP contribution in [0.4, 0.5) is 14.9 Å². The molecule has 1 saturated heterocycles. The third-order valence-electron chi connectivity index (χ3n) is 11.4. The molecule has 1 aliphatic heterocycles. The van der Waals surface area contributed by atoms with Crippen molar-refractivity contribution in [2.75, 3.05) is 38.0 Å². The molecule has 0 atom stereocenters. The molecule has 3 fully saturated rings. The van der Waals surface area contributed by atoms with E-state index < -0.39 is 5.60 Å². The van der Waals surface area contributed by atoms with Gasteiger partial charge in [-0.3, -0.25) is 14.4 Å². The van der Waals surface area contributed by atoms with Crippen LogP contribution in [0.2, 0.25) is 0 Å². The SMILES string of the molecule is CC(C)(C)OC(=O)N1CCN(C(=O)CCCNC(=O)c2ccc(-c3cc(C(=O)Nc4ccc(OC5CCCC5)c(-c5ccc(F)cc5)c4)ccc3OC3CCCC3)cc2)CC1. The first-order chi connectivity index (χ1) is 29.4. The maximum atomic E-state index is 13.9. The van der Waals surface area contributed by atoms with Crippen LogP contribution in [-0.2, 0) is 9.53 Å². The van der Waals surface area contributed by atoms with Crippen molar-refractivity contribution in [3.05, 3.63) is 102 Å². The maximum absolute atomic E-state index is 13.9. The molecule has 61 heavy (non-hydrogen) atoms. The van der Waals surface area contributed by atoms with E-state index in [2.05, 4.69) is 10.6 Å². The van der Waals surface area contributed by atoms with Gasteiger partial charge in [0, 0.05) is 67.1 Å². The monoisotopic (exact) mass is 832 g/mol. The Bertz CT molecular complexity index is 2170. The molecule has 0 spiro atoms. The van der Waals surface area contributed by atoms with Gasteiger partial charge in [0.25, 0.3) is 11.8 Å². The van der Waals surface area contributed by atoms with Gasteiger partial charge in [0.2, 0.25) is 5.91 Å². The highest BCUT2D eigenvalue weighted by Gasteiger charge is 2.28. The van der Waals surface area contributed by atoms with Crippen LogP contribution in [0.25, 0.3) is 22.3 Å². The second-order valence-corrected chi connectivity index (χ2v) is 17.2. The molecule has 4 aromatic carbocycles. The van der Waals surface area contributed by atoms with E-state index in [1.165, 1.54) is 12.1 Å². The molecule has 2 N–H and O–H groups in total. The van der Waals surface area contributed by atoms with Crippen molar-refractivity contribution in [1.29, 1.82) is 0 Å². The number of carbonyl (C=O) groups excluding carboxylic acids is 4. The van der Waals surface area contributed by atoms with Crippen LogP contribution in [0, 0.1) is 5.82 Å². The quantitative estimate of drug-likeness (QED) is 0.129. The van der Waals surface area contributed by atoms with Gasteiger partial charge in [0.1, 0.15) is 22.9 Å². The number of hydrogen-bond donors (Lipinski definition) is 2. The Kier molecular flexibility index (Phi) is 13.9. The predicted octanol–water partition coefficient (Wildman–Crippen LogP) is 9.64. The van der Waals surface area contributed by atoms with Crippen LogP contribution in [0.5, 0.6) is 11.5 Å². The zero-order valence-electron chi connectivity index (χ0n) is 35.5. The summed E-state index contributed by atoms with van der Waals surface area (Å²) in [6.45, 7) is 7.55. The summed E-state index contributed by atoms with van der Waals surface area (Å²) >= 11 is 0. The van der Waals surface area contributed by atoms with Crippen LogP contribution >= 0.6 is 0 Å². The fraction of sp³-hybridized carbons (Fsp3) is 0.429. The molecule has 3 aliphatic rings. The van der Waals surface area contributed by atoms with Crippen LogP contribution in [0.3, 0.4) is 0 Å². The number of anilines is 1. The number of hydrogen-bond acceptors (Lipinski definition) is 7. The lowest BCUT2D eigenvalue weighted by Crippen LogP contribution is -2.51. The lowest BCUT2D eigenvalue weighted by Gasteiger charge is -2.35. The Balaban J connectivity index is 0.983. The number of amides is 4. The summed E-state index contributed by atoms with van der Waals surface area (Å²) in [5.74, 6) is 0.477. The zero-order chi connectivity index (χ0) is 42.9. The second kappa shape index (κ2) is 19.6. The Hall–Kier alpha value is -5.91. The first-order valence-electron chi connectivity index (χ1n) is 21.7. The van der Waals surface area contributed by atoms with Crippen LogP contribution in [0.1, 0.15) is 106 Å². The van der Waals surface area contributed by atoms with Crippen molar-refractivity contribution in [1.82, 2.24) is 15.1 Å². The van der Waals surface area contributed by atoms with Gasteiger partial charge >= 0.3 is 6.09 Å². The lowest BCUT2D eigenvalue weighted by molar-refractivity contribution is -0.133. The molecule has 0 aromatic heterocycles. The van der Waals surface area contributed by atoms with Gasteiger partial charge in [-0.25, -0.2) is 9.18 Å². The predicted molar refractivity (Wildman–Crippen MR) is 233 cm³/mol. The minimum Gasteiger partial charge on any atom is -0.490 e. The summed E-state index contributed by atoms with van der Waals surface area (Å²) in [5, 5.41) is 5.98. The number of nitrogens with zero attached hydrogens (tertiary/aromatic N) is 2. The molecule has 7 rings (SSSR count). The number of rotatable bonds is 13. The summed E-state index contributed by atoms with van der Waals surface area (Å²) in [7, 11) is 0. The molecule has 2 saturated carbocycles. The summed E-state index contributed by atoms with van der Waals surface area (Å²) in [6, 6.07) is 24.5. The number of ether oxygens (including phenoxy) is 3. The van der Waals surface area contributed by atoms with Crippen LogP contribution in [-0.4, -0.2) is 84.1 Å². The van der Waals surface area contributed by atoms with Gasteiger partial charge in [-0.2, -0.15) is 0 Å². The molecule has 1 heterocycles. The molecule has 4 aromatic rings.